The van der Waals surface area contributed by atoms with Crippen LogP contribution in [0.15, 0.2) is 12.1 Å². The summed E-state index contributed by atoms with van der Waals surface area (Å²) in [6.07, 6.45) is 1.02. The fourth-order valence-electron chi connectivity index (χ4n) is 2.80. The molecule has 2 atom stereocenters. The molecule has 28 heavy (non-hydrogen) atoms. The maximum absolute atomic E-state index is 6.31. The standard InChI is InChI=1S/C23H42O3P2/c1-12-23(9,16-25-28(10)11)15-24-27-26-20-18(21(3,4)5)13-17(2)14-19(20)22(6,7)8/h13-14,27H,12,15-16H2,1-11H3. The second kappa shape index (κ2) is 10.2. The van der Waals surface area contributed by atoms with E-state index in [1.165, 1.54) is 16.7 Å². The molecule has 0 saturated carbocycles. The summed E-state index contributed by atoms with van der Waals surface area (Å²) < 4.78 is 18.2. The van der Waals surface area contributed by atoms with E-state index in [-0.39, 0.29) is 33.4 Å². The van der Waals surface area contributed by atoms with Gasteiger partial charge in [-0.25, -0.2) is 0 Å². The molecule has 2 unspecified atom stereocenters. The Labute approximate surface area is 177 Å². The first-order valence-corrected chi connectivity index (χ1v) is 13.2. The van der Waals surface area contributed by atoms with Crippen molar-refractivity contribution in [3.8, 4) is 5.75 Å². The van der Waals surface area contributed by atoms with Gasteiger partial charge in [0, 0.05) is 24.7 Å². The minimum atomic E-state index is -0.348. The van der Waals surface area contributed by atoms with Crippen LogP contribution in [0.25, 0.3) is 0 Å². The van der Waals surface area contributed by atoms with Crippen molar-refractivity contribution in [3.05, 3.63) is 28.8 Å². The Bertz CT molecular complexity index is 595. The van der Waals surface area contributed by atoms with Crippen molar-refractivity contribution >= 4 is 17.2 Å². The van der Waals surface area contributed by atoms with Gasteiger partial charge in [-0.15, -0.1) is 0 Å². The van der Waals surface area contributed by atoms with Gasteiger partial charge in [-0.1, -0.05) is 73.1 Å². The molecule has 5 heteroatoms. The van der Waals surface area contributed by atoms with Gasteiger partial charge in [-0.3, -0.25) is 0 Å². The predicted octanol–water partition coefficient (Wildman–Crippen LogP) is 7.58. The Morgan fingerprint density at radius 2 is 1.39 bits per heavy atom. The van der Waals surface area contributed by atoms with Gasteiger partial charge in [0.2, 0.25) is 9.03 Å². The second-order valence-corrected chi connectivity index (χ2v) is 13.0. The molecule has 0 spiro atoms. The first-order valence-electron chi connectivity index (χ1n) is 10.2. The zero-order chi connectivity index (χ0) is 21.8. The Morgan fingerprint density at radius 3 is 1.79 bits per heavy atom. The van der Waals surface area contributed by atoms with Crippen molar-refractivity contribution in [2.24, 2.45) is 5.41 Å². The highest BCUT2D eigenvalue weighted by atomic mass is 31.1. The lowest BCUT2D eigenvalue weighted by Crippen LogP contribution is -2.26. The van der Waals surface area contributed by atoms with E-state index in [9.17, 15) is 0 Å². The lowest BCUT2D eigenvalue weighted by atomic mass is 9.78. The van der Waals surface area contributed by atoms with E-state index >= 15 is 0 Å². The van der Waals surface area contributed by atoms with Crippen molar-refractivity contribution in [3.63, 3.8) is 0 Å². The Kier molecular flexibility index (Phi) is 9.42. The van der Waals surface area contributed by atoms with Gasteiger partial charge in [0.15, 0.2) is 0 Å². The minimum absolute atomic E-state index is 0.0109. The van der Waals surface area contributed by atoms with E-state index in [0.29, 0.717) is 6.61 Å². The molecule has 0 heterocycles. The van der Waals surface area contributed by atoms with Crippen LogP contribution in [-0.2, 0) is 19.9 Å². The second-order valence-electron chi connectivity index (χ2n) is 10.4. The van der Waals surface area contributed by atoms with Crippen LogP contribution in [0.3, 0.4) is 0 Å². The molecule has 0 amide bonds. The number of aryl methyl sites for hydroxylation is 1. The molecule has 0 radical (unpaired) electrons. The normalized spacial score (nSPS) is 15.4. The molecule has 0 N–H and O–H groups in total. The van der Waals surface area contributed by atoms with E-state index in [1.807, 2.05) is 0 Å². The average Bonchev–Trinajstić information content (AvgIpc) is 2.55. The first-order chi connectivity index (χ1) is 12.7. The smallest absolute Gasteiger partial charge is 0.215 e. The molecule has 0 aliphatic heterocycles. The molecule has 0 fully saturated rings. The number of hydrogen-bond donors (Lipinski definition) is 0. The van der Waals surface area contributed by atoms with Gasteiger partial charge in [0.1, 0.15) is 5.75 Å². The number of hydrogen-bond acceptors (Lipinski definition) is 3. The molecule has 0 aliphatic carbocycles. The molecule has 0 saturated heterocycles. The fraction of sp³-hybridized carbons (Fsp3) is 0.739. The van der Waals surface area contributed by atoms with Gasteiger partial charge in [-0.05, 0) is 37.5 Å². The molecule has 1 aromatic rings. The van der Waals surface area contributed by atoms with Gasteiger partial charge >= 0.3 is 0 Å². The molecular weight excluding hydrogens is 386 g/mol. The molecule has 0 aliphatic rings. The molecule has 162 valence electrons. The van der Waals surface area contributed by atoms with Crippen molar-refractivity contribution < 1.29 is 13.6 Å². The summed E-state index contributed by atoms with van der Waals surface area (Å²) in [4.78, 5) is 0. The maximum Gasteiger partial charge on any atom is 0.215 e. The fourth-order valence-corrected chi connectivity index (χ4v) is 4.14. The van der Waals surface area contributed by atoms with Crippen molar-refractivity contribution in [2.75, 3.05) is 26.5 Å². The zero-order valence-corrected chi connectivity index (χ0v) is 21.8. The predicted molar refractivity (Wildman–Crippen MR) is 127 cm³/mol. The van der Waals surface area contributed by atoms with E-state index in [4.69, 9.17) is 13.6 Å². The van der Waals surface area contributed by atoms with Crippen molar-refractivity contribution in [2.45, 2.75) is 79.6 Å². The van der Waals surface area contributed by atoms with Gasteiger partial charge in [-0.2, -0.15) is 0 Å². The maximum atomic E-state index is 6.31. The highest BCUT2D eigenvalue weighted by molar-refractivity contribution is 7.50. The lowest BCUT2D eigenvalue weighted by molar-refractivity contribution is 0.103. The summed E-state index contributed by atoms with van der Waals surface area (Å²) in [5, 5.41) is 0. The van der Waals surface area contributed by atoms with Crippen LogP contribution in [0.4, 0.5) is 0 Å². The molecule has 0 bridgehead atoms. The van der Waals surface area contributed by atoms with Crippen molar-refractivity contribution in [1.29, 1.82) is 0 Å². The third-order valence-corrected chi connectivity index (χ3v) is 6.19. The van der Waals surface area contributed by atoms with Gasteiger partial charge in [0.25, 0.3) is 0 Å². The van der Waals surface area contributed by atoms with Gasteiger partial charge in [0.05, 0.1) is 13.2 Å². The molecular formula is C23H42O3P2. The van der Waals surface area contributed by atoms with E-state index in [2.05, 4.69) is 87.8 Å². The third-order valence-electron chi connectivity index (χ3n) is 5.00. The third kappa shape index (κ3) is 7.91. The van der Waals surface area contributed by atoms with Crippen LogP contribution in [0, 0.1) is 12.3 Å². The molecule has 1 aromatic carbocycles. The van der Waals surface area contributed by atoms with Crippen LogP contribution in [0.5, 0.6) is 5.75 Å². The summed E-state index contributed by atoms with van der Waals surface area (Å²) in [5.41, 5.74) is 3.82. The SMILES string of the molecule is CCC(C)(COPOc1c(C(C)(C)C)cc(C)cc1C(C)(C)C)COP(C)C. The van der Waals surface area contributed by atoms with E-state index in [0.717, 1.165) is 18.8 Å². The van der Waals surface area contributed by atoms with E-state index in [1.54, 1.807) is 0 Å². The van der Waals surface area contributed by atoms with Crippen LogP contribution in [0.1, 0.15) is 78.5 Å². The van der Waals surface area contributed by atoms with Gasteiger partial charge < -0.3 is 13.6 Å². The molecule has 0 aromatic heterocycles. The number of rotatable bonds is 9. The highest BCUT2D eigenvalue weighted by Gasteiger charge is 2.28. The quantitative estimate of drug-likeness (QED) is 0.300. The van der Waals surface area contributed by atoms with Crippen LogP contribution in [0.2, 0.25) is 0 Å². The van der Waals surface area contributed by atoms with Crippen LogP contribution < -0.4 is 4.52 Å². The summed E-state index contributed by atoms with van der Waals surface area (Å²) in [6.45, 7) is 25.7. The minimum Gasteiger partial charge on any atom is -0.449 e. The Balaban J connectivity index is 2.96. The monoisotopic (exact) mass is 428 g/mol. The average molecular weight is 429 g/mol. The molecule has 1 rings (SSSR count). The summed E-state index contributed by atoms with van der Waals surface area (Å²) in [7, 11) is -0.365. The topological polar surface area (TPSA) is 27.7 Å². The van der Waals surface area contributed by atoms with Crippen molar-refractivity contribution in [1.82, 2.24) is 0 Å². The summed E-state index contributed by atoms with van der Waals surface area (Å²) >= 11 is 0. The van der Waals surface area contributed by atoms with Crippen LogP contribution in [-0.4, -0.2) is 26.5 Å². The highest BCUT2D eigenvalue weighted by Crippen LogP contribution is 2.43. The summed E-state index contributed by atoms with van der Waals surface area (Å²) in [5.74, 6) is 0.990. The van der Waals surface area contributed by atoms with E-state index < -0.39 is 0 Å². The summed E-state index contributed by atoms with van der Waals surface area (Å²) in [6, 6.07) is 4.51. The Hall–Kier alpha value is -0.200. The Morgan fingerprint density at radius 1 is 0.893 bits per heavy atom. The lowest BCUT2D eigenvalue weighted by Gasteiger charge is -2.31. The molecule has 3 nitrogen and oxygen atoms in total. The largest absolute Gasteiger partial charge is 0.449 e. The number of benzene rings is 1. The zero-order valence-electron chi connectivity index (χ0n) is 19.9. The first kappa shape index (κ1) is 25.8. The van der Waals surface area contributed by atoms with Crippen LogP contribution >= 0.6 is 17.2 Å².